The van der Waals surface area contributed by atoms with Crippen LogP contribution in [-0.4, -0.2) is 19.1 Å². The third-order valence-corrected chi connectivity index (χ3v) is 5.94. The van der Waals surface area contributed by atoms with Crippen molar-refractivity contribution in [3.05, 3.63) is 104 Å². The predicted molar refractivity (Wildman–Crippen MR) is 113 cm³/mol. The summed E-state index contributed by atoms with van der Waals surface area (Å²) < 4.78 is 10.2. The van der Waals surface area contributed by atoms with E-state index in [1.807, 2.05) is 41.8 Å². The van der Waals surface area contributed by atoms with Crippen molar-refractivity contribution in [1.29, 1.82) is 0 Å². The van der Waals surface area contributed by atoms with Gasteiger partial charge in [-0.25, -0.2) is 9.36 Å². The van der Waals surface area contributed by atoms with Gasteiger partial charge < -0.3 is 19.3 Å². The fraction of sp³-hybridized carbons (Fsp3) is 0.261. The van der Waals surface area contributed by atoms with E-state index in [-0.39, 0.29) is 11.4 Å². The van der Waals surface area contributed by atoms with E-state index in [9.17, 15) is 19.9 Å². The van der Waals surface area contributed by atoms with Crippen molar-refractivity contribution in [3.8, 4) is 5.88 Å². The molecular formula is C23H24N4O5. The summed E-state index contributed by atoms with van der Waals surface area (Å²) >= 11 is 0. The third-order valence-electron chi connectivity index (χ3n) is 5.94. The first kappa shape index (κ1) is 21.2. The van der Waals surface area contributed by atoms with Crippen LogP contribution in [0.1, 0.15) is 40.0 Å². The Morgan fingerprint density at radius 1 is 1.06 bits per heavy atom. The molecule has 0 spiro atoms. The molecule has 4 rings (SSSR count). The van der Waals surface area contributed by atoms with E-state index < -0.39 is 23.0 Å². The number of hydrogen-bond donors (Lipinski definition) is 1. The van der Waals surface area contributed by atoms with Gasteiger partial charge in [0.2, 0.25) is 0 Å². The van der Waals surface area contributed by atoms with Crippen molar-refractivity contribution >= 4 is 0 Å². The van der Waals surface area contributed by atoms with Crippen molar-refractivity contribution < 1.29 is 19.3 Å². The quantitative estimate of drug-likeness (QED) is 0.370. The summed E-state index contributed by atoms with van der Waals surface area (Å²) in [5, 5.41) is 24.2. The summed E-state index contributed by atoms with van der Waals surface area (Å²) in [7, 11) is 2.64. The molecule has 9 heteroatoms. The molecule has 0 aliphatic heterocycles. The fourth-order valence-electron chi connectivity index (χ4n) is 4.00. The molecule has 0 amide bonds. The number of benzene rings is 1. The van der Waals surface area contributed by atoms with Gasteiger partial charge in [0.25, 0.3) is 5.56 Å². The molecule has 0 saturated carbocycles. The second kappa shape index (κ2) is 7.92. The lowest BCUT2D eigenvalue weighted by Gasteiger charge is -2.22. The number of furan rings is 1. The van der Waals surface area contributed by atoms with Crippen molar-refractivity contribution in [2.45, 2.75) is 26.3 Å². The molecule has 166 valence electrons. The van der Waals surface area contributed by atoms with E-state index in [1.165, 1.54) is 20.4 Å². The van der Waals surface area contributed by atoms with Gasteiger partial charge in [-0.05, 0) is 28.3 Å². The highest BCUT2D eigenvalue weighted by atomic mass is 16.5. The van der Waals surface area contributed by atoms with Crippen LogP contribution in [0.25, 0.3) is 0 Å². The van der Waals surface area contributed by atoms with E-state index >= 15 is 0 Å². The number of imidazole rings is 1. The second-order valence-electron chi connectivity index (χ2n) is 7.79. The van der Waals surface area contributed by atoms with Crippen molar-refractivity contribution in [3.63, 3.8) is 0 Å². The van der Waals surface area contributed by atoms with Gasteiger partial charge in [-0.1, -0.05) is 30.3 Å². The molecule has 1 unspecified atom stereocenters. The summed E-state index contributed by atoms with van der Waals surface area (Å²) in [6.45, 7) is 4.00. The highest BCUT2D eigenvalue weighted by Crippen LogP contribution is 2.33. The molecule has 0 aliphatic carbocycles. The molecule has 1 atom stereocenters. The maximum absolute atomic E-state index is 13.2. The number of hydrogen-bond acceptors (Lipinski definition) is 5. The average molecular weight is 436 g/mol. The largest absolute Gasteiger partial charge is 0.860 e. The zero-order chi connectivity index (χ0) is 23.2. The van der Waals surface area contributed by atoms with Crippen LogP contribution in [0.4, 0.5) is 0 Å². The van der Waals surface area contributed by atoms with Crippen LogP contribution < -0.4 is 20.9 Å². The molecule has 0 radical (unpaired) electrons. The van der Waals surface area contributed by atoms with Crippen LogP contribution in [0.5, 0.6) is 5.88 Å². The van der Waals surface area contributed by atoms with E-state index in [0.29, 0.717) is 18.0 Å². The lowest BCUT2D eigenvalue weighted by molar-refractivity contribution is -0.702. The molecule has 0 saturated heterocycles. The lowest BCUT2D eigenvalue weighted by Crippen LogP contribution is -2.45. The van der Waals surface area contributed by atoms with Crippen LogP contribution >= 0.6 is 0 Å². The molecule has 0 fully saturated rings. The molecule has 0 aliphatic rings. The SMILES string of the molecule is Cc1c(C)[n+](Cc2ccccc2)c(C(c2ccco2)c2c([O-])n(C)c(=O)n(C)c2=O)n1O. The second-order valence-corrected chi connectivity index (χ2v) is 7.79. The van der Waals surface area contributed by atoms with E-state index in [2.05, 4.69) is 0 Å². The fourth-order valence-corrected chi connectivity index (χ4v) is 4.00. The molecule has 1 N–H and O–H groups in total. The smallest absolute Gasteiger partial charge is 0.329 e. The Morgan fingerprint density at radius 2 is 1.75 bits per heavy atom. The first-order chi connectivity index (χ1) is 15.2. The normalized spacial score (nSPS) is 12.2. The van der Waals surface area contributed by atoms with Gasteiger partial charge in [0.05, 0.1) is 6.26 Å². The summed E-state index contributed by atoms with van der Waals surface area (Å²) in [5.41, 5.74) is 0.659. The Bertz CT molecular complexity index is 1400. The molecule has 0 bridgehead atoms. The van der Waals surface area contributed by atoms with Crippen molar-refractivity contribution in [1.82, 2.24) is 13.9 Å². The Kier molecular flexibility index (Phi) is 5.25. The van der Waals surface area contributed by atoms with Crippen molar-refractivity contribution in [2.24, 2.45) is 14.1 Å². The maximum Gasteiger partial charge on any atom is 0.329 e. The minimum absolute atomic E-state index is 0.181. The molecule has 32 heavy (non-hydrogen) atoms. The van der Waals surface area contributed by atoms with E-state index in [4.69, 9.17) is 4.42 Å². The monoisotopic (exact) mass is 436 g/mol. The molecule has 4 aromatic rings. The minimum Gasteiger partial charge on any atom is -0.860 e. The predicted octanol–water partition coefficient (Wildman–Crippen LogP) is 0.922. The van der Waals surface area contributed by atoms with Crippen LogP contribution in [0.2, 0.25) is 0 Å². The Balaban J connectivity index is 2.07. The topological polar surface area (TPSA) is 109 Å². The van der Waals surface area contributed by atoms with Crippen LogP contribution in [0, 0.1) is 13.8 Å². The van der Waals surface area contributed by atoms with Crippen LogP contribution in [-0.2, 0) is 20.6 Å². The minimum atomic E-state index is -1.04. The molecule has 1 aromatic carbocycles. The zero-order valence-electron chi connectivity index (χ0n) is 18.3. The first-order valence-corrected chi connectivity index (χ1v) is 10.1. The summed E-state index contributed by atoms with van der Waals surface area (Å²) in [6, 6.07) is 12.9. The Morgan fingerprint density at radius 3 is 2.38 bits per heavy atom. The Hall–Kier alpha value is -4.01. The van der Waals surface area contributed by atoms with Gasteiger partial charge in [0.15, 0.2) is 11.6 Å². The molecule has 3 heterocycles. The van der Waals surface area contributed by atoms with Crippen molar-refractivity contribution in [2.75, 3.05) is 0 Å². The van der Waals surface area contributed by atoms with Gasteiger partial charge in [0, 0.05) is 33.5 Å². The average Bonchev–Trinajstić information content (AvgIpc) is 3.39. The third kappa shape index (κ3) is 3.22. The van der Waals surface area contributed by atoms with Gasteiger partial charge in [-0.2, -0.15) is 0 Å². The lowest BCUT2D eigenvalue weighted by atomic mass is 9.96. The van der Waals surface area contributed by atoms with Gasteiger partial charge in [-0.3, -0.25) is 9.36 Å². The van der Waals surface area contributed by atoms with E-state index in [0.717, 1.165) is 25.1 Å². The van der Waals surface area contributed by atoms with Gasteiger partial charge >= 0.3 is 11.5 Å². The number of rotatable bonds is 5. The summed E-state index contributed by atoms with van der Waals surface area (Å²) in [5.74, 6) is -1.19. The van der Waals surface area contributed by atoms with Gasteiger partial charge in [-0.15, -0.1) is 0 Å². The standard InChI is InChI=1S/C23H24N4O5/c1-14-15(2)27(31)20(26(14)13-16-9-6-5-7-10-16)18(17-11-8-12-32-17)19-21(28)24(3)23(30)25(4)22(19)29/h5-12,18H,13H2,1-4H3,(H-,28,29,31). The maximum atomic E-state index is 13.2. The highest BCUT2D eigenvalue weighted by molar-refractivity contribution is 5.38. The summed E-state index contributed by atoms with van der Waals surface area (Å²) in [6.07, 6.45) is 1.44. The van der Waals surface area contributed by atoms with E-state index in [1.54, 1.807) is 19.1 Å². The molecular weight excluding hydrogens is 412 g/mol. The zero-order valence-corrected chi connectivity index (χ0v) is 18.3. The Labute approximate surface area is 183 Å². The molecule has 3 aromatic heterocycles. The molecule has 9 nitrogen and oxygen atoms in total. The highest BCUT2D eigenvalue weighted by Gasteiger charge is 2.39. The number of nitrogens with zero attached hydrogens (tertiary/aromatic N) is 4. The van der Waals surface area contributed by atoms with Gasteiger partial charge in [0.1, 0.15) is 18.0 Å². The van der Waals surface area contributed by atoms with Crippen LogP contribution in [0.3, 0.4) is 0 Å². The summed E-state index contributed by atoms with van der Waals surface area (Å²) in [4.78, 5) is 25.4. The number of aromatic nitrogens is 4. The first-order valence-electron chi connectivity index (χ1n) is 10.1. The van der Waals surface area contributed by atoms with Crippen LogP contribution in [0.15, 0.2) is 62.7 Å².